The van der Waals surface area contributed by atoms with Crippen molar-refractivity contribution in [2.45, 2.75) is 123 Å². The standard InChI is InChI=1S/C31H52N2O6/c1-11-16-32(29(9,10)19-28(6,7)8)26(36)24-31-15-14-30(12-2,39-31)23(27(37)38-13-3)22(31)25(35)33(24)21(18-34)17-20(4)5/h11,20-24,34H,1,12-19H2,2-10H3/t21-,22+,23+,24?,30-,31?/m1/s1. The Kier molecular flexibility index (Phi) is 9.04. The second kappa shape index (κ2) is 11.2. The van der Waals surface area contributed by atoms with Crippen LogP contribution in [-0.4, -0.2) is 81.3 Å². The monoisotopic (exact) mass is 548 g/mol. The van der Waals surface area contributed by atoms with Crippen molar-refractivity contribution in [1.29, 1.82) is 0 Å². The summed E-state index contributed by atoms with van der Waals surface area (Å²) in [5.41, 5.74) is -2.58. The van der Waals surface area contributed by atoms with Crippen LogP contribution in [0.5, 0.6) is 0 Å². The largest absolute Gasteiger partial charge is 0.466 e. The number of carbonyl (C=O) groups is 3. The molecule has 1 spiro atoms. The lowest BCUT2D eigenvalue weighted by Gasteiger charge is -2.46. The van der Waals surface area contributed by atoms with E-state index in [2.05, 4.69) is 41.2 Å². The molecule has 6 atom stereocenters. The molecule has 2 bridgehead atoms. The van der Waals surface area contributed by atoms with Crippen LogP contribution in [0.15, 0.2) is 12.7 Å². The molecule has 39 heavy (non-hydrogen) atoms. The number of fused-ring (bicyclic) bond motifs is 1. The summed E-state index contributed by atoms with van der Waals surface area (Å²) in [6.45, 7) is 22.5. The lowest BCUT2D eigenvalue weighted by atomic mass is 9.65. The molecular weight excluding hydrogens is 496 g/mol. The Morgan fingerprint density at radius 3 is 2.36 bits per heavy atom. The zero-order chi connectivity index (χ0) is 29.6. The molecule has 1 N–H and O–H groups in total. The minimum Gasteiger partial charge on any atom is -0.466 e. The van der Waals surface area contributed by atoms with Gasteiger partial charge in [0.05, 0.1) is 30.8 Å². The molecule has 3 fully saturated rings. The van der Waals surface area contributed by atoms with Gasteiger partial charge in [-0.1, -0.05) is 47.6 Å². The number of amides is 2. The average Bonchev–Trinajstić information content (AvgIpc) is 3.42. The van der Waals surface area contributed by atoms with Crippen molar-refractivity contribution in [1.82, 2.24) is 9.80 Å². The fourth-order valence-electron chi connectivity index (χ4n) is 8.04. The summed E-state index contributed by atoms with van der Waals surface area (Å²) in [6, 6.07) is -1.51. The van der Waals surface area contributed by atoms with E-state index in [9.17, 15) is 19.5 Å². The van der Waals surface area contributed by atoms with Crippen LogP contribution < -0.4 is 0 Å². The summed E-state index contributed by atoms with van der Waals surface area (Å²) in [5, 5.41) is 10.5. The number of likely N-dealkylation sites (tertiary alicyclic amines) is 1. The van der Waals surface area contributed by atoms with Crippen molar-refractivity contribution >= 4 is 17.8 Å². The Bertz CT molecular complexity index is 955. The Balaban J connectivity index is 2.20. The third kappa shape index (κ3) is 5.40. The number of carbonyl (C=O) groups excluding carboxylic acids is 3. The van der Waals surface area contributed by atoms with Gasteiger partial charge in [-0.15, -0.1) is 6.58 Å². The van der Waals surface area contributed by atoms with E-state index in [-0.39, 0.29) is 36.4 Å². The van der Waals surface area contributed by atoms with Crippen molar-refractivity contribution < 1.29 is 29.0 Å². The first-order valence-electron chi connectivity index (χ1n) is 14.8. The first kappa shape index (κ1) is 31.6. The van der Waals surface area contributed by atoms with Gasteiger partial charge in [-0.2, -0.15) is 0 Å². The van der Waals surface area contributed by atoms with E-state index in [1.165, 1.54) is 0 Å². The highest BCUT2D eigenvalue weighted by Gasteiger charge is 2.79. The lowest BCUT2D eigenvalue weighted by molar-refractivity contribution is -0.165. The molecule has 0 radical (unpaired) electrons. The van der Waals surface area contributed by atoms with Crippen molar-refractivity contribution in [2.75, 3.05) is 19.8 Å². The van der Waals surface area contributed by atoms with Gasteiger partial charge in [0.25, 0.3) is 0 Å². The van der Waals surface area contributed by atoms with Crippen LogP contribution in [0.4, 0.5) is 0 Å². The molecule has 0 aliphatic carbocycles. The normalized spacial score (nSPS) is 31.0. The van der Waals surface area contributed by atoms with Gasteiger partial charge in [0.1, 0.15) is 17.6 Å². The lowest BCUT2D eigenvalue weighted by Crippen LogP contribution is -2.62. The molecule has 0 aromatic rings. The zero-order valence-electron chi connectivity index (χ0n) is 25.7. The molecule has 3 rings (SSSR count). The van der Waals surface area contributed by atoms with E-state index < -0.39 is 46.6 Å². The predicted octanol–water partition coefficient (Wildman–Crippen LogP) is 4.34. The highest BCUT2D eigenvalue weighted by atomic mass is 16.6. The smallest absolute Gasteiger partial charge is 0.312 e. The van der Waals surface area contributed by atoms with Crippen molar-refractivity contribution in [3.05, 3.63) is 12.7 Å². The summed E-state index contributed by atoms with van der Waals surface area (Å²) in [6.07, 6.45) is 4.61. The number of hydrogen-bond donors (Lipinski definition) is 1. The van der Waals surface area contributed by atoms with Gasteiger partial charge in [0, 0.05) is 12.1 Å². The predicted molar refractivity (Wildman–Crippen MR) is 151 cm³/mol. The average molecular weight is 549 g/mol. The molecule has 2 amide bonds. The van der Waals surface area contributed by atoms with E-state index in [0.717, 1.165) is 6.42 Å². The molecular formula is C31H52N2O6. The highest BCUT2D eigenvalue weighted by Crippen LogP contribution is 2.65. The fourth-order valence-corrected chi connectivity index (χ4v) is 8.04. The second-order valence-corrected chi connectivity index (χ2v) is 14.1. The van der Waals surface area contributed by atoms with Crippen LogP contribution in [0.1, 0.15) is 94.4 Å². The number of hydrogen-bond acceptors (Lipinski definition) is 6. The summed E-state index contributed by atoms with van der Waals surface area (Å²) >= 11 is 0. The number of rotatable bonds is 12. The summed E-state index contributed by atoms with van der Waals surface area (Å²) in [5.74, 6) is -2.35. The van der Waals surface area contributed by atoms with E-state index in [0.29, 0.717) is 32.2 Å². The quantitative estimate of drug-likeness (QED) is 0.288. The van der Waals surface area contributed by atoms with Gasteiger partial charge in [-0.25, -0.2) is 0 Å². The van der Waals surface area contributed by atoms with Crippen LogP contribution >= 0.6 is 0 Å². The molecule has 3 aliphatic heterocycles. The van der Waals surface area contributed by atoms with Gasteiger partial charge in [0.15, 0.2) is 0 Å². The van der Waals surface area contributed by atoms with Crippen molar-refractivity contribution in [3.8, 4) is 0 Å². The van der Waals surface area contributed by atoms with E-state index >= 15 is 0 Å². The topological polar surface area (TPSA) is 96.4 Å². The third-order valence-corrected chi connectivity index (χ3v) is 9.01. The minimum atomic E-state index is -1.15. The SMILES string of the molecule is C=CCN(C(=O)C1N([C@@H](CO)CC(C)C)C(=O)[C@@H]2[C@@H](C(=O)OCC)[C@@]3(CC)CCC12O3)C(C)(C)CC(C)(C)C. The Morgan fingerprint density at radius 2 is 1.87 bits per heavy atom. The third-order valence-electron chi connectivity index (χ3n) is 9.01. The summed E-state index contributed by atoms with van der Waals surface area (Å²) < 4.78 is 12.3. The molecule has 8 nitrogen and oxygen atoms in total. The van der Waals surface area contributed by atoms with Gasteiger partial charge in [-0.3, -0.25) is 14.4 Å². The maximum atomic E-state index is 14.9. The Hall–Kier alpha value is -1.93. The van der Waals surface area contributed by atoms with Gasteiger partial charge >= 0.3 is 5.97 Å². The Morgan fingerprint density at radius 1 is 1.23 bits per heavy atom. The molecule has 3 saturated heterocycles. The van der Waals surface area contributed by atoms with Crippen LogP contribution in [0.3, 0.4) is 0 Å². The summed E-state index contributed by atoms with van der Waals surface area (Å²) in [7, 11) is 0. The van der Waals surface area contributed by atoms with E-state index in [1.807, 2.05) is 25.7 Å². The van der Waals surface area contributed by atoms with E-state index in [1.54, 1.807) is 17.9 Å². The molecule has 222 valence electrons. The molecule has 0 aromatic carbocycles. The molecule has 3 heterocycles. The molecule has 2 unspecified atom stereocenters. The van der Waals surface area contributed by atoms with Crippen LogP contribution in [0.2, 0.25) is 0 Å². The van der Waals surface area contributed by atoms with E-state index in [4.69, 9.17) is 9.47 Å². The maximum Gasteiger partial charge on any atom is 0.312 e. The molecule has 0 aromatic heterocycles. The molecule has 3 aliphatic rings. The number of esters is 1. The first-order valence-corrected chi connectivity index (χ1v) is 14.8. The van der Waals surface area contributed by atoms with Gasteiger partial charge in [0.2, 0.25) is 11.8 Å². The zero-order valence-corrected chi connectivity index (χ0v) is 25.7. The van der Waals surface area contributed by atoms with Gasteiger partial charge in [-0.05, 0) is 64.2 Å². The molecule has 0 saturated carbocycles. The van der Waals surface area contributed by atoms with Gasteiger partial charge < -0.3 is 24.4 Å². The minimum absolute atomic E-state index is 0.0515. The number of aliphatic hydroxyl groups is 1. The Labute approximate surface area is 235 Å². The molecule has 8 heteroatoms. The fraction of sp³-hybridized carbons (Fsp3) is 0.839. The maximum absolute atomic E-state index is 14.9. The second-order valence-electron chi connectivity index (χ2n) is 14.1. The number of aliphatic hydroxyl groups excluding tert-OH is 1. The number of ether oxygens (including phenoxy) is 2. The van der Waals surface area contributed by atoms with Crippen LogP contribution in [-0.2, 0) is 23.9 Å². The van der Waals surface area contributed by atoms with Crippen LogP contribution in [0.25, 0.3) is 0 Å². The number of nitrogens with zero attached hydrogens (tertiary/aromatic N) is 2. The first-order chi connectivity index (χ1) is 18.1. The van der Waals surface area contributed by atoms with Crippen molar-refractivity contribution in [2.24, 2.45) is 23.2 Å². The summed E-state index contributed by atoms with van der Waals surface area (Å²) in [4.78, 5) is 46.1. The highest BCUT2D eigenvalue weighted by molar-refractivity contribution is 5.99. The van der Waals surface area contributed by atoms with Crippen LogP contribution in [0, 0.1) is 23.2 Å². The van der Waals surface area contributed by atoms with Crippen molar-refractivity contribution in [3.63, 3.8) is 0 Å².